The van der Waals surface area contributed by atoms with Gasteiger partial charge in [0, 0.05) is 16.8 Å². The number of aromatic nitrogens is 1. The molecular weight excluding hydrogens is 360 g/mol. The van der Waals surface area contributed by atoms with E-state index in [0.717, 1.165) is 5.56 Å². The smallest absolute Gasteiger partial charge is 0.259 e. The fraction of sp³-hybridized carbons (Fsp3) is 0.0909. The Morgan fingerprint density at radius 3 is 2.48 bits per heavy atom. The van der Waals surface area contributed by atoms with E-state index >= 15 is 0 Å². The van der Waals surface area contributed by atoms with Gasteiger partial charge in [-0.3, -0.25) is 9.69 Å². The Morgan fingerprint density at radius 1 is 1.07 bits per heavy atom. The van der Waals surface area contributed by atoms with Crippen molar-refractivity contribution in [1.82, 2.24) is 4.98 Å². The average Bonchev–Trinajstić information content (AvgIpc) is 2.72. The van der Waals surface area contributed by atoms with Crippen LogP contribution in [-0.2, 0) is 6.54 Å². The van der Waals surface area contributed by atoms with E-state index in [1.54, 1.807) is 47.5 Å². The van der Waals surface area contributed by atoms with E-state index in [-0.39, 0.29) is 5.91 Å². The highest BCUT2D eigenvalue weighted by atomic mass is 35.5. The highest BCUT2D eigenvalue weighted by Gasteiger charge is 2.20. The van der Waals surface area contributed by atoms with Crippen LogP contribution in [0.5, 0.6) is 5.75 Å². The van der Waals surface area contributed by atoms with Gasteiger partial charge in [-0.15, -0.1) is 0 Å². The third kappa shape index (κ3) is 4.74. The molecule has 0 spiro atoms. The second-order valence-electron chi connectivity index (χ2n) is 5.79. The summed E-state index contributed by atoms with van der Waals surface area (Å²) in [5.41, 5.74) is 1.39. The molecule has 2 aromatic carbocycles. The standard InChI is InChI=1S/C22H19ClN2O2/c1-2-15-27-19-12-10-17(11-13-19)22(26)25(21-9-5-6-14-24-21)16-18-7-3-4-8-20(18)23/h2-14H,1,15-16H2. The van der Waals surface area contributed by atoms with Gasteiger partial charge in [-0.1, -0.05) is 48.5 Å². The van der Waals surface area contributed by atoms with Crippen LogP contribution in [-0.4, -0.2) is 17.5 Å². The fourth-order valence-corrected chi connectivity index (χ4v) is 2.77. The van der Waals surface area contributed by atoms with Crippen LogP contribution in [0.4, 0.5) is 5.82 Å². The lowest BCUT2D eigenvalue weighted by Crippen LogP contribution is -2.31. The maximum atomic E-state index is 13.2. The lowest BCUT2D eigenvalue weighted by atomic mass is 10.1. The number of halogens is 1. The second kappa shape index (κ2) is 9.01. The molecule has 3 aromatic rings. The van der Waals surface area contributed by atoms with E-state index in [1.807, 2.05) is 36.4 Å². The fourth-order valence-electron chi connectivity index (χ4n) is 2.57. The molecule has 0 aliphatic rings. The Labute approximate surface area is 163 Å². The number of benzene rings is 2. The second-order valence-corrected chi connectivity index (χ2v) is 6.20. The minimum Gasteiger partial charge on any atom is -0.490 e. The monoisotopic (exact) mass is 378 g/mol. The van der Waals surface area contributed by atoms with Crippen molar-refractivity contribution in [3.63, 3.8) is 0 Å². The Morgan fingerprint density at radius 2 is 1.81 bits per heavy atom. The molecule has 1 amide bonds. The maximum absolute atomic E-state index is 13.2. The molecule has 0 aliphatic heterocycles. The third-order valence-electron chi connectivity index (χ3n) is 3.93. The van der Waals surface area contributed by atoms with Crippen molar-refractivity contribution in [2.24, 2.45) is 0 Å². The number of carbonyl (C=O) groups excluding carboxylic acids is 1. The molecule has 1 aromatic heterocycles. The molecule has 0 saturated carbocycles. The Balaban J connectivity index is 1.89. The summed E-state index contributed by atoms with van der Waals surface area (Å²) < 4.78 is 5.47. The molecule has 0 N–H and O–H groups in total. The van der Waals surface area contributed by atoms with Gasteiger partial charge >= 0.3 is 0 Å². The first-order valence-electron chi connectivity index (χ1n) is 8.49. The van der Waals surface area contributed by atoms with Gasteiger partial charge in [0.15, 0.2) is 0 Å². The molecule has 0 unspecified atom stereocenters. The number of hydrogen-bond donors (Lipinski definition) is 0. The van der Waals surface area contributed by atoms with Crippen LogP contribution in [0.25, 0.3) is 0 Å². The summed E-state index contributed by atoms with van der Waals surface area (Å²) in [7, 11) is 0. The lowest BCUT2D eigenvalue weighted by Gasteiger charge is -2.22. The number of ether oxygens (including phenoxy) is 1. The lowest BCUT2D eigenvalue weighted by molar-refractivity contribution is 0.0984. The van der Waals surface area contributed by atoms with E-state index < -0.39 is 0 Å². The average molecular weight is 379 g/mol. The summed E-state index contributed by atoms with van der Waals surface area (Å²) in [5.74, 6) is 1.08. The molecule has 3 rings (SSSR count). The SMILES string of the molecule is C=CCOc1ccc(C(=O)N(Cc2ccccc2Cl)c2ccccn2)cc1. The van der Waals surface area contributed by atoms with Crippen LogP contribution in [0.2, 0.25) is 5.02 Å². The minimum absolute atomic E-state index is 0.163. The van der Waals surface area contributed by atoms with Gasteiger partial charge in [-0.2, -0.15) is 0 Å². The number of hydrogen-bond acceptors (Lipinski definition) is 3. The van der Waals surface area contributed by atoms with Crippen molar-refractivity contribution < 1.29 is 9.53 Å². The molecule has 0 radical (unpaired) electrons. The van der Waals surface area contributed by atoms with Gasteiger partial charge < -0.3 is 4.74 Å². The Hall–Kier alpha value is -3.11. The predicted octanol–water partition coefficient (Wildman–Crippen LogP) is 5.15. The molecule has 0 saturated heterocycles. The van der Waals surface area contributed by atoms with Crippen LogP contribution in [0.15, 0.2) is 85.6 Å². The first-order chi connectivity index (χ1) is 13.2. The van der Waals surface area contributed by atoms with Crippen molar-refractivity contribution in [1.29, 1.82) is 0 Å². The van der Waals surface area contributed by atoms with Gasteiger partial charge in [0.25, 0.3) is 5.91 Å². The maximum Gasteiger partial charge on any atom is 0.259 e. The number of pyridine rings is 1. The molecule has 1 heterocycles. The van der Waals surface area contributed by atoms with E-state index in [0.29, 0.717) is 35.3 Å². The van der Waals surface area contributed by atoms with Crippen LogP contribution in [0, 0.1) is 0 Å². The van der Waals surface area contributed by atoms with Crippen molar-refractivity contribution in [2.45, 2.75) is 6.54 Å². The normalized spacial score (nSPS) is 10.3. The molecule has 27 heavy (non-hydrogen) atoms. The topological polar surface area (TPSA) is 42.4 Å². The van der Waals surface area contributed by atoms with Crippen LogP contribution < -0.4 is 9.64 Å². The number of rotatable bonds is 7. The number of amides is 1. The zero-order valence-electron chi connectivity index (χ0n) is 14.7. The summed E-state index contributed by atoms with van der Waals surface area (Å²) in [5, 5.41) is 0.611. The summed E-state index contributed by atoms with van der Waals surface area (Å²) in [4.78, 5) is 19.1. The van der Waals surface area contributed by atoms with E-state index in [2.05, 4.69) is 11.6 Å². The summed E-state index contributed by atoms with van der Waals surface area (Å²) in [6, 6.07) is 19.9. The van der Waals surface area contributed by atoms with Gasteiger partial charge in [0.2, 0.25) is 0 Å². The summed E-state index contributed by atoms with van der Waals surface area (Å²) in [6.07, 6.45) is 3.33. The highest BCUT2D eigenvalue weighted by molar-refractivity contribution is 6.31. The molecular formula is C22H19ClN2O2. The molecule has 4 nitrogen and oxygen atoms in total. The van der Waals surface area contributed by atoms with Crippen LogP contribution in [0.3, 0.4) is 0 Å². The van der Waals surface area contributed by atoms with Gasteiger partial charge in [-0.25, -0.2) is 4.98 Å². The molecule has 0 aliphatic carbocycles. The zero-order valence-corrected chi connectivity index (χ0v) is 15.5. The quantitative estimate of drug-likeness (QED) is 0.534. The van der Waals surface area contributed by atoms with Gasteiger partial charge in [-0.05, 0) is 48.0 Å². The van der Waals surface area contributed by atoms with Crippen molar-refractivity contribution >= 4 is 23.3 Å². The van der Waals surface area contributed by atoms with E-state index in [9.17, 15) is 4.79 Å². The van der Waals surface area contributed by atoms with Gasteiger partial charge in [0.1, 0.15) is 18.2 Å². The first-order valence-corrected chi connectivity index (χ1v) is 8.87. The highest BCUT2D eigenvalue weighted by Crippen LogP contribution is 2.23. The molecule has 0 bridgehead atoms. The Kier molecular flexibility index (Phi) is 6.23. The molecule has 5 heteroatoms. The van der Waals surface area contributed by atoms with Crippen molar-refractivity contribution in [2.75, 3.05) is 11.5 Å². The molecule has 0 atom stereocenters. The van der Waals surface area contributed by atoms with Crippen LogP contribution in [0.1, 0.15) is 15.9 Å². The number of carbonyl (C=O) groups is 1. The van der Waals surface area contributed by atoms with Gasteiger partial charge in [0.05, 0.1) is 6.54 Å². The Bertz CT molecular complexity index is 911. The largest absolute Gasteiger partial charge is 0.490 e. The van der Waals surface area contributed by atoms with Crippen LogP contribution >= 0.6 is 11.6 Å². The minimum atomic E-state index is -0.163. The molecule has 0 fully saturated rings. The van der Waals surface area contributed by atoms with Crippen molar-refractivity contribution in [3.8, 4) is 5.75 Å². The number of nitrogens with zero attached hydrogens (tertiary/aromatic N) is 2. The van der Waals surface area contributed by atoms with E-state index in [1.165, 1.54) is 0 Å². The molecule has 136 valence electrons. The predicted molar refractivity (Wildman–Crippen MR) is 108 cm³/mol. The summed E-state index contributed by atoms with van der Waals surface area (Å²) in [6.45, 7) is 4.36. The summed E-state index contributed by atoms with van der Waals surface area (Å²) >= 11 is 6.29. The zero-order chi connectivity index (χ0) is 19.1. The van der Waals surface area contributed by atoms with E-state index in [4.69, 9.17) is 16.3 Å². The number of anilines is 1. The van der Waals surface area contributed by atoms with Crippen molar-refractivity contribution in [3.05, 3.63) is 102 Å². The first kappa shape index (κ1) is 18.7. The third-order valence-corrected chi connectivity index (χ3v) is 4.30.